The van der Waals surface area contributed by atoms with Gasteiger partial charge in [-0.3, -0.25) is 0 Å². The number of hydrogen-bond acceptors (Lipinski definition) is 3. The van der Waals surface area contributed by atoms with Gasteiger partial charge >= 0.3 is 0 Å². The van der Waals surface area contributed by atoms with E-state index in [1.807, 2.05) is 0 Å². The van der Waals surface area contributed by atoms with Gasteiger partial charge in [0.2, 0.25) is 0 Å². The molecule has 1 aliphatic rings. The van der Waals surface area contributed by atoms with E-state index >= 15 is 0 Å². The smallest absolute Gasteiger partial charge is 0.192 e. The van der Waals surface area contributed by atoms with Gasteiger partial charge in [-0.2, -0.15) is 0 Å². The number of nitro groups is 1. The summed E-state index contributed by atoms with van der Waals surface area (Å²) in [5.74, 6) is -0.647. The van der Waals surface area contributed by atoms with Crippen molar-refractivity contribution in [3.8, 4) is 0 Å². The van der Waals surface area contributed by atoms with Crippen molar-refractivity contribution in [1.29, 1.82) is 0 Å². The summed E-state index contributed by atoms with van der Waals surface area (Å²) >= 11 is 3.11. The van der Waals surface area contributed by atoms with Gasteiger partial charge in [-0.25, -0.2) is 14.5 Å². The molecule has 0 aliphatic carbocycles. The van der Waals surface area contributed by atoms with Gasteiger partial charge in [-0.15, -0.1) is 0 Å². The van der Waals surface area contributed by atoms with E-state index in [0.29, 0.717) is 17.5 Å². The SMILES string of the molecule is O=[N+]([O-])N(c1ccc(Br)cc1F)C1CCCO1. The molecule has 1 heterocycles. The van der Waals surface area contributed by atoms with Crippen LogP contribution in [0.3, 0.4) is 0 Å². The van der Waals surface area contributed by atoms with Crippen molar-refractivity contribution in [3.05, 3.63) is 38.6 Å². The highest BCUT2D eigenvalue weighted by atomic mass is 79.9. The Bertz CT molecular complexity index is 438. The minimum absolute atomic E-state index is 0.0786. The Morgan fingerprint density at radius 3 is 2.88 bits per heavy atom. The fourth-order valence-electron chi connectivity index (χ4n) is 1.77. The first-order chi connectivity index (χ1) is 8.09. The molecule has 0 N–H and O–H groups in total. The molecule has 17 heavy (non-hydrogen) atoms. The van der Waals surface area contributed by atoms with Crippen LogP contribution in [0.4, 0.5) is 10.1 Å². The van der Waals surface area contributed by atoms with Crippen molar-refractivity contribution in [2.24, 2.45) is 0 Å². The first kappa shape index (κ1) is 12.3. The summed E-state index contributed by atoms with van der Waals surface area (Å²) in [7, 11) is 0. The van der Waals surface area contributed by atoms with E-state index in [2.05, 4.69) is 15.9 Å². The third-order valence-corrected chi connectivity index (χ3v) is 3.00. The molecule has 0 radical (unpaired) electrons. The molecule has 1 aromatic rings. The van der Waals surface area contributed by atoms with Gasteiger partial charge in [0, 0.05) is 17.5 Å². The lowest BCUT2D eigenvalue weighted by molar-refractivity contribution is -0.508. The Balaban J connectivity index is 2.35. The standard InChI is InChI=1S/C10H10BrFN2O3/c11-7-3-4-9(8(12)6-7)13(14(15)16)10-2-1-5-17-10/h3-4,6,10H,1-2,5H2. The van der Waals surface area contributed by atoms with Crippen molar-refractivity contribution in [1.82, 2.24) is 0 Å². The van der Waals surface area contributed by atoms with Crippen LogP contribution in [-0.2, 0) is 4.74 Å². The van der Waals surface area contributed by atoms with Crippen LogP contribution in [0.25, 0.3) is 0 Å². The molecule has 1 fully saturated rings. The summed E-state index contributed by atoms with van der Waals surface area (Å²) in [6.45, 7) is 0.465. The lowest BCUT2D eigenvalue weighted by Gasteiger charge is -2.20. The molecule has 1 saturated heterocycles. The Labute approximate surface area is 105 Å². The zero-order valence-corrected chi connectivity index (χ0v) is 10.4. The van der Waals surface area contributed by atoms with E-state index in [4.69, 9.17) is 4.74 Å². The van der Waals surface area contributed by atoms with Crippen molar-refractivity contribution in [3.63, 3.8) is 0 Å². The Morgan fingerprint density at radius 1 is 1.59 bits per heavy atom. The molecule has 2 rings (SSSR count). The molecular formula is C10H10BrFN2O3. The molecule has 0 bridgehead atoms. The fraction of sp³-hybridized carbons (Fsp3) is 0.400. The van der Waals surface area contributed by atoms with E-state index in [0.717, 1.165) is 11.4 Å². The Hall–Kier alpha value is -1.21. The first-order valence-electron chi connectivity index (χ1n) is 5.10. The molecule has 1 unspecified atom stereocenters. The van der Waals surface area contributed by atoms with Gasteiger partial charge in [0.15, 0.2) is 17.1 Å². The predicted molar refractivity (Wildman–Crippen MR) is 62.5 cm³/mol. The average molecular weight is 305 g/mol. The Kier molecular flexibility index (Phi) is 3.58. The molecule has 0 aromatic heterocycles. The topological polar surface area (TPSA) is 55.6 Å². The zero-order valence-electron chi connectivity index (χ0n) is 8.81. The van der Waals surface area contributed by atoms with Crippen LogP contribution >= 0.6 is 15.9 Å². The fourth-order valence-corrected chi connectivity index (χ4v) is 2.10. The summed E-state index contributed by atoms with van der Waals surface area (Å²) in [4.78, 5) is 11.0. The second-order valence-electron chi connectivity index (χ2n) is 3.65. The largest absolute Gasteiger partial charge is 0.352 e. The van der Waals surface area contributed by atoms with E-state index in [1.54, 1.807) is 6.07 Å². The molecule has 1 aliphatic heterocycles. The van der Waals surface area contributed by atoms with Crippen LogP contribution in [0.2, 0.25) is 0 Å². The van der Waals surface area contributed by atoms with Gasteiger partial charge in [0.1, 0.15) is 5.69 Å². The molecular weight excluding hydrogens is 295 g/mol. The predicted octanol–water partition coefficient (Wildman–Crippen LogP) is 2.72. The molecule has 0 amide bonds. The number of nitrogens with zero attached hydrogens (tertiary/aromatic N) is 2. The maximum Gasteiger partial charge on any atom is 0.192 e. The summed E-state index contributed by atoms with van der Waals surface area (Å²) < 4.78 is 19.4. The third-order valence-electron chi connectivity index (χ3n) is 2.51. The number of halogens is 2. The number of anilines is 1. The van der Waals surface area contributed by atoms with Crippen LogP contribution in [0, 0.1) is 15.9 Å². The second-order valence-corrected chi connectivity index (χ2v) is 4.56. The van der Waals surface area contributed by atoms with Gasteiger partial charge in [-0.05, 0) is 24.6 Å². The highest BCUT2D eigenvalue weighted by Crippen LogP contribution is 2.28. The summed E-state index contributed by atoms with van der Waals surface area (Å²) in [5.41, 5.74) is -0.0786. The number of rotatable bonds is 3. The van der Waals surface area contributed by atoms with Crippen molar-refractivity contribution in [2.75, 3.05) is 11.6 Å². The van der Waals surface area contributed by atoms with E-state index < -0.39 is 17.1 Å². The van der Waals surface area contributed by atoms with Crippen LogP contribution < -0.4 is 5.01 Å². The monoisotopic (exact) mass is 304 g/mol. The van der Waals surface area contributed by atoms with E-state index in [9.17, 15) is 14.5 Å². The number of benzene rings is 1. The second kappa shape index (κ2) is 4.97. The molecule has 5 nitrogen and oxygen atoms in total. The van der Waals surface area contributed by atoms with Crippen LogP contribution in [0.1, 0.15) is 12.8 Å². The maximum absolute atomic E-state index is 13.7. The molecule has 7 heteroatoms. The van der Waals surface area contributed by atoms with Gasteiger partial charge < -0.3 is 4.74 Å². The van der Waals surface area contributed by atoms with E-state index in [1.165, 1.54) is 12.1 Å². The summed E-state index contributed by atoms with van der Waals surface area (Å²) in [6, 6.07) is 4.12. The van der Waals surface area contributed by atoms with Gasteiger partial charge in [0.25, 0.3) is 0 Å². The van der Waals surface area contributed by atoms with Crippen molar-refractivity contribution in [2.45, 2.75) is 19.1 Å². The number of hydrazine groups is 1. The first-order valence-corrected chi connectivity index (χ1v) is 5.89. The van der Waals surface area contributed by atoms with Crippen LogP contribution in [-0.4, -0.2) is 17.9 Å². The summed E-state index contributed by atoms with van der Waals surface area (Å²) in [6.07, 6.45) is 0.574. The van der Waals surface area contributed by atoms with Gasteiger partial charge in [0.05, 0.1) is 0 Å². The minimum atomic E-state index is -0.694. The molecule has 1 atom stereocenters. The lowest BCUT2D eigenvalue weighted by atomic mass is 10.2. The van der Waals surface area contributed by atoms with Crippen LogP contribution in [0.5, 0.6) is 0 Å². The summed E-state index contributed by atoms with van der Waals surface area (Å²) in [5, 5.41) is 11.1. The van der Waals surface area contributed by atoms with Gasteiger partial charge in [-0.1, -0.05) is 20.9 Å². The van der Waals surface area contributed by atoms with Crippen molar-refractivity contribution < 1.29 is 14.2 Å². The number of ether oxygens (including phenoxy) is 1. The normalized spacial score (nSPS) is 19.3. The molecule has 0 spiro atoms. The minimum Gasteiger partial charge on any atom is -0.352 e. The molecule has 1 aromatic carbocycles. The quantitative estimate of drug-likeness (QED) is 0.636. The number of hydrogen-bond donors (Lipinski definition) is 0. The maximum atomic E-state index is 13.7. The Morgan fingerprint density at radius 2 is 2.35 bits per heavy atom. The van der Waals surface area contributed by atoms with Crippen molar-refractivity contribution >= 4 is 21.6 Å². The van der Waals surface area contributed by atoms with E-state index in [-0.39, 0.29) is 5.69 Å². The zero-order chi connectivity index (χ0) is 12.4. The third kappa shape index (κ3) is 2.55. The highest BCUT2D eigenvalue weighted by molar-refractivity contribution is 9.10. The molecule has 0 saturated carbocycles. The van der Waals surface area contributed by atoms with Crippen LogP contribution in [0.15, 0.2) is 22.7 Å². The lowest BCUT2D eigenvalue weighted by Crippen LogP contribution is -2.40. The molecule has 92 valence electrons. The highest BCUT2D eigenvalue weighted by Gasteiger charge is 2.34. The average Bonchev–Trinajstić information content (AvgIpc) is 2.74.